The van der Waals surface area contributed by atoms with Crippen LogP contribution in [0.1, 0.15) is 17.4 Å². The average molecular weight is 317 g/mol. The molecule has 112 valence electrons. The van der Waals surface area contributed by atoms with Crippen LogP contribution < -0.4 is 5.32 Å². The number of ether oxygens (including phenoxy) is 1. The van der Waals surface area contributed by atoms with E-state index >= 15 is 0 Å². The van der Waals surface area contributed by atoms with Crippen LogP contribution in [0.15, 0.2) is 36.5 Å². The molecule has 0 saturated carbocycles. The molecule has 2 aromatic heterocycles. The number of rotatable bonds is 4. The lowest BCUT2D eigenvalue weighted by atomic mass is 10.3. The van der Waals surface area contributed by atoms with E-state index < -0.39 is 5.97 Å². The fraction of sp³-hybridized carbons (Fsp3) is 0.133. The van der Waals surface area contributed by atoms with Gasteiger partial charge in [-0.05, 0) is 31.2 Å². The van der Waals surface area contributed by atoms with Crippen molar-refractivity contribution >= 4 is 40.2 Å². The van der Waals surface area contributed by atoms with Crippen molar-refractivity contribution in [2.75, 3.05) is 11.9 Å². The zero-order valence-corrected chi connectivity index (χ0v) is 12.5. The maximum absolute atomic E-state index is 11.7. The largest absolute Gasteiger partial charge is 0.461 e. The van der Waals surface area contributed by atoms with Crippen molar-refractivity contribution in [3.8, 4) is 0 Å². The summed E-state index contributed by atoms with van der Waals surface area (Å²) in [6.07, 6.45) is 1.63. The Kier molecular flexibility index (Phi) is 3.93. The number of hydrogen-bond acceptors (Lipinski definition) is 5. The number of nitrogens with one attached hydrogen (secondary N) is 2. The molecule has 0 unspecified atom stereocenters. The summed E-state index contributed by atoms with van der Waals surface area (Å²) in [7, 11) is 0. The highest BCUT2D eigenvalue weighted by atomic mass is 35.5. The molecule has 0 aliphatic carbocycles. The lowest BCUT2D eigenvalue weighted by molar-refractivity contribution is 0.0520. The Morgan fingerprint density at radius 3 is 3.05 bits per heavy atom. The summed E-state index contributed by atoms with van der Waals surface area (Å²) in [5.74, 6) is -0.00289. The number of fused-ring (bicyclic) bond motifs is 1. The summed E-state index contributed by atoms with van der Waals surface area (Å²) < 4.78 is 4.95. The van der Waals surface area contributed by atoms with Gasteiger partial charge in [0.2, 0.25) is 5.95 Å². The van der Waals surface area contributed by atoms with Crippen LogP contribution in [0.4, 0.5) is 11.6 Å². The van der Waals surface area contributed by atoms with Crippen molar-refractivity contribution in [1.29, 1.82) is 0 Å². The molecule has 6 nitrogen and oxygen atoms in total. The topological polar surface area (TPSA) is 79.9 Å². The number of carbonyl (C=O) groups excluding carboxylic acids is 1. The van der Waals surface area contributed by atoms with Crippen LogP contribution >= 0.6 is 11.6 Å². The van der Waals surface area contributed by atoms with Crippen LogP contribution in [0.3, 0.4) is 0 Å². The lowest BCUT2D eigenvalue weighted by Gasteiger charge is -2.04. The Balaban J connectivity index is 1.88. The number of anilines is 2. The van der Waals surface area contributed by atoms with Gasteiger partial charge >= 0.3 is 5.97 Å². The standard InChI is InChI=1S/C15H13ClN4O2/c1-2-22-14(21)12-6-9-8-17-15(20-13(9)19-12)18-11-5-3-4-10(16)7-11/h3-8H,2H2,1H3,(H2,17,18,19,20). The Morgan fingerprint density at radius 2 is 2.27 bits per heavy atom. The molecule has 0 fully saturated rings. The van der Waals surface area contributed by atoms with E-state index in [1.807, 2.05) is 12.1 Å². The van der Waals surface area contributed by atoms with Gasteiger partial charge in [-0.1, -0.05) is 17.7 Å². The Labute approximate surface area is 131 Å². The minimum absolute atomic E-state index is 0.321. The maximum Gasteiger partial charge on any atom is 0.354 e. The second-order valence-electron chi connectivity index (χ2n) is 4.54. The van der Waals surface area contributed by atoms with E-state index in [1.165, 1.54) is 0 Å². The van der Waals surface area contributed by atoms with Gasteiger partial charge in [-0.15, -0.1) is 0 Å². The molecule has 3 rings (SSSR count). The fourth-order valence-corrected chi connectivity index (χ4v) is 2.18. The molecule has 0 amide bonds. The number of halogens is 1. The van der Waals surface area contributed by atoms with Crippen LogP contribution in [0.2, 0.25) is 5.02 Å². The minimum Gasteiger partial charge on any atom is -0.461 e. The third-order valence-corrected chi connectivity index (χ3v) is 3.18. The van der Waals surface area contributed by atoms with Gasteiger partial charge in [-0.25, -0.2) is 9.78 Å². The predicted octanol–water partition coefficient (Wildman–Crippen LogP) is 3.53. The van der Waals surface area contributed by atoms with E-state index in [4.69, 9.17) is 16.3 Å². The van der Waals surface area contributed by atoms with Crippen molar-refractivity contribution < 1.29 is 9.53 Å². The molecule has 0 atom stereocenters. The van der Waals surface area contributed by atoms with Gasteiger partial charge in [0.05, 0.1) is 6.61 Å². The van der Waals surface area contributed by atoms with Gasteiger partial charge in [-0.2, -0.15) is 4.98 Å². The molecule has 0 aliphatic rings. The Morgan fingerprint density at radius 1 is 1.41 bits per heavy atom. The molecular formula is C15H13ClN4O2. The highest BCUT2D eigenvalue weighted by Gasteiger charge is 2.11. The molecular weight excluding hydrogens is 304 g/mol. The summed E-state index contributed by atoms with van der Waals surface area (Å²) in [4.78, 5) is 23.2. The van der Waals surface area contributed by atoms with Crippen molar-refractivity contribution in [3.63, 3.8) is 0 Å². The van der Waals surface area contributed by atoms with Gasteiger partial charge < -0.3 is 15.0 Å². The van der Waals surface area contributed by atoms with Crippen LogP contribution in [0.25, 0.3) is 11.0 Å². The molecule has 7 heteroatoms. The Bertz CT molecular complexity index is 831. The normalized spacial score (nSPS) is 10.6. The highest BCUT2D eigenvalue weighted by molar-refractivity contribution is 6.30. The quantitative estimate of drug-likeness (QED) is 0.720. The fourth-order valence-electron chi connectivity index (χ4n) is 1.99. The van der Waals surface area contributed by atoms with E-state index in [2.05, 4.69) is 20.3 Å². The van der Waals surface area contributed by atoms with Crippen LogP contribution in [0.5, 0.6) is 0 Å². The molecule has 1 aromatic carbocycles. The number of nitrogens with zero attached hydrogens (tertiary/aromatic N) is 2. The van der Waals surface area contributed by atoms with Crippen LogP contribution in [-0.4, -0.2) is 27.5 Å². The molecule has 0 spiro atoms. The number of aromatic nitrogens is 3. The number of benzene rings is 1. The lowest BCUT2D eigenvalue weighted by Crippen LogP contribution is -2.04. The zero-order chi connectivity index (χ0) is 15.5. The van der Waals surface area contributed by atoms with Crippen molar-refractivity contribution in [1.82, 2.24) is 15.0 Å². The minimum atomic E-state index is -0.412. The first-order chi connectivity index (χ1) is 10.7. The van der Waals surface area contributed by atoms with E-state index in [0.29, 0.717) is 28.9 Å². The van der Waals surface area contributed by atoms with Gasteiger partial charge in [0, 0.05) is 22.3 Å². The summed E-state index contributed by atoms with van der Waals surface area (Å²) in [5.41, 5.74) is 1.69. The van der Waals surface area contributed by atoms with Crippen molar-refractivity contribution in [3.05, 3.63) is 47.2 Å². The third kappa shape index (κ3) is 3.01. The zero-order valence-electron chi connectivity index (χ0n) is 11.8. The summed E-state index contributed by atoms with van der Waals surface area (Å²) >= 11 is 5.94. The molecule has 22 heavy (non-hydrogen) atoms. The number of aromatic amines is 1. The first-order valence-electron chi connectivity index (χ1n) is 6.71. The Hall–Kier alpha value is -2.60. The predicted molar refractivity (Wildman–Crippen MR) is 84.6 cm³/mol. The molecule has 3 aromatic rings. The smallest absolute Gasteiger partial charge is 0.354 e. The number of esters is 1. The number of H-pyrrole nitrogens is 1. The summed E-state index contributed by atoms with van der Waals surface area (Å²) in [5, 5.41) is 4.41. The van der Waals surface area contributed by atoms with E-state index in [1.54, 1.807) is 31.3 Å². The van der Waals surface area contributed by atoms with E-state index in [-0.39, 0.29) is 0 Å². The van der Waals surface area contributed by atoms with Crippen molar-refractivity contribution in [2.45, 2.75) is 6.92 Å². The third-order valence-electron chi connectivity index (χ3n) is 2.95. The monoisotopic (exact) mass is 316 g/mol. The van der Waals surface area contributed by atoms with Crippen LogP contribution in [0, 0.1) is 0 Å². The molecule has 0 aliphatic heterocycles. The first-order valence-corrected chi connectivity index (χ1v) is 7.09. The highest BCUT2D eigenvalue weighted by Crippen LogP contribution is 2.20. The van der Waals surface area contributed by atoms with E-state index in [9.17, 15) is 4.79 Å². The molecule has 0 bridgehead atoms. The second-order valence-corrected chi connectivity index (χ2v) is 4.97. The average Bonchev–Trinajstić information content (AvgIpc) is 2.91. The second kappa shape index (κ2) is 6.03. The number of hydrogen-bond donors (Lipinski definition) is 2. The molecule has 0 saturated heterocycles. The van der Waals surface area contributed by atoms with Crippen molar-refractivity contribution in [2.24, 2.45) is 0 Å². The van der Waals surface area contributed by atoms with Gasteiger partial charge in [0.15, 0.2) is 0 Å². The first kappa shape index (κ1) is 14.3. The van der Waals surface area contributed by atoms with Gasteiger partial charge in [0.1, 0.15) is 11.3 Å². The molecule has 2 heterocycles. The SMILES string of the molecule is CCOC(=O)c1cc2cnc(Nc3cccc(Cl)c3)nc2[nH]1. The number of carbonyl (C=O) groups is 1. The molecule has 0 radical (unpaired) electrons. The van der Waals surface area contributed by atoms with Gasteiger partial charge in [-0.3, -0.25) is 0 Å². The maximum atomic E-state index is 11.7. The van der Waals surface area contributed by atoms with E-state index in [0.717, 1.165) is 11.1 Å². The van der Waals surface area contributed by atoms with Crippen LogP contribution in [-0.2, 0) is 4.74 Å². The van der Waals surface area contributed by atoms with Gasteiger partial charge in [0.25, 0.3) is 0 Å². The summed E-state index contributed by atoms with van der Waals surface area (Å²) in [6.45, 7) is 2.08. The molecule has 2 N–H and O–H groups in total. The summed E-state index contributed by atoms with van der Waals surface area (Å²) in [6, 6.07) is 8.91.